The Morgan fingerprint density at radius 2 is 1.80 bits per heavy atom. The van der Waals surface area contributed by atoms with Crippen LogP contribution in [0.25, 0.3) is 0 Å². The Bertz CT molecular complexity index is 235. The van der Waals surface area contributed by atoms with Crippen LogP contribution < -0.4 is 5.73 Å². The number of hydrogen-bond acceptors (Lipinski definition) is 3. The molecular weight excluding hydrogens is 252 g/mol. The summed E-state index contributed by atoms with van der Waals surface area (Å²) in [5.41, 5.74) is 5.58. The maximum atomic E-state index is 12.2. The highest BCUT2D eigenvalue weighted by atomic mass is 16.3. The molecule has 4 nitrogen and oxygen atoms in total. The average molecular weight is 286 g/mol. The van der Waals surface area contributed by atoms with E-state index in [-0.39, 0.29) is 12.5 Å². The molecule has 1 atom stereocenters. The van der Waals surface area contributed by atoms with Crippen molar-refractivity contribution >= 4 is 5.91 Å². The molecule has 0 saturated heterocycles. The van der Waals surface area contributed by atoms with E-state index in [1.807, 2.05) is 4.90 Å². The first kappa shape index (κ1) is 19.4. The minimum atomic E-state index is 0.152. The van der Waals surface area contributed by atoms with E-state index in [0.717, 1.165) is 19.4 Å². The van der Waals surface area contributed by atoms with Gasteiger partial charge >= 0.3 is 0 Å². The van der Waals surface area contributed by atoms with Gasteiger partial charge in [-0.15, -0.1) is 0 Å². The zero-order valence-corrected chi connectivity index (χ0v) is 13.4. The average Bonchev–Trinajstić information content (AvgIpc) is 2.47. The summed E-state index contributed by atoms with van der Waals surface area (Å²) >= 11 is 0. The molecule has 0 aliphatic rings. The van der Waals surface area contributed by atoms with Gasteiger partial charge in [-0.3, -0.25) is 4.79 Å². The summed E-state index contributed by atoms with van der Waals surface area (Å²) in [6, 6.07) is 0. The van der Waals surface area contributed by atoms with Gasteiger partial charge in [0.2, 0.25) is 5.91 Å². The second-order valence-electron chi connectivity index (χ2n) is 5.75. The van der Waals surface area contributed by atoms with Crippen LogP contribution in [-0.2, 0) is 4.79 Å². The number of nitrogens with two attached hydrogens (primary N) is 1. The van der Waals surface area contributed by atoms with E-state index in [2.05, 4.69) is 13.8 Å². The minimum absolute atomic E-state index is 0.152. The molecule has 0 aromatic heterocycles. The molecular formula is C16H34N2O2. The van der Waals surface area contributed by atoms with Crippen molar-refractivity contribution < 1.29 is 9.90 Å². The van der Waals surface area contributed by atoms with Crippen LogP contribution in [0.5, 0.6) is 0 Å². The normalized spacial score (nSPS) is 12.4. The highest BCUT2D eigenvalue weighted by Crippen LogP contribution is 2.09. The summed E-state index contributed by atoms with van der Waals surface area (Å²) in [5, 5.41) is 8.94. The third kappa shape index (κ3) is 10.2. The van der Waals surface area contributed by atoms with Crippen molar-refractivity contribution in [2.45, 2.75) is 65.2 Å². The number of aliphatic hydroxyl groups excluding tert-OH is 1. The number of hydrogen-bond donors (Lipinski definition) is 2. The molecule has 0 saturated carbocycles. The van der Waals surface area contributed by atoms with Gasteiger partial charge in [0.1, 0.15) is 0 Å². The molecule has 3 N–H and O–H groups in total. The van der Waals surface area contributed by atoms with Gasteiger partial charge < -0.3 is 15.7 Å². The van der Waals surface area contributed by atoms with Gasteiger partial charge in [-0.2, -0.15) is 0 Å². The van der Waals surface area contributed by atoms with Crippen LogP contribution in [-0.4, -0.2) is 42.2 Å². The molecule has 120 valence electrons. The number of aliphatic hydroxyl groups is 1. The Morgan fingerprint density at radius 1 is 1.15 bits per heavy atom. The number of nitrogens with zero attached hydrogens (tertiary/aromatic N) is 1. The second kappa shape index (κ2) is 13.4. The molecule has 0 spiro atoms. The Hall–Kier alpha value is -0.610. The first-order valence-electron chi connectivity index (χ1n) is 8.24. The lowest BCUT2D eigenvalue weighted by atomic mass is 10.1. The first-order valence-corrected chi connectivity index (χ1v) is 8.24. The van der Waals surface area contributed by atoms with Gasteiger partial charge in [0.05, 0.1) is 0 Å². The fourth-order valence-corrected chi connectivity index (χ4v) is 2.17. The molecule has 0 aromatic rings. The van der Waals surface area contributed by atoms with Crippen molar-refractivity contribution in [3.63, 3.8) is 0 Å². The lowest BCUT2D eigenvalue weighted by Gasteiger charge is -2.23. The molecule has 0 radical (unpaired) electrons. The molecule has 0 aliphatic heterocycles. The summed E-state index contributed by atoms with van der Waals surface area (Å²) in [4.78, 5) is 14.1. The molecule has 0 bridgehead atoms. The van der Waals surface area contributed by atoms with Crippen LogP contribution >= 0.6 is 0 Å². The summed E-state index contributed by atoms with van der Waals surface area (Å²) in [5.74, 6) is 0.623. The molecule has 20 heavy (non-hydrogen) atoms. The monoisotopic (exact) mass is 286 g/mol. The number of carbonyl (C=O) groups is 1. The fourth-order valence-electron chi connectivity index (χ4n) is 2.17. The van der Waals surface area contributed by atoms with E-state index in [9.17, 15) is 4.79 Å². The Kier molecular flexibility index (Phi) is 13.0. The van der Waals surface area contributed by atoms with E-state index in [1.165, 1.54) is 25.7 Å². The van der Waals surface area contributed by atoms with Gasteiger partial charge in [-0.05, 0) is 31.7 Å². The van der Waals surface area contributed by atoms with E-state index in [1.54, 1.807) is 0 Å². The van der Waals surface area contributed by atoms with Crippen LogP contribution in [0, 0.1) is 5.92 Å². The van der Waals surface area contributed by atoms with Gasteiger partial charge in [0.25, 0.3) is 0 Å². The third-order valence-corrected chi connectivity index (χ3v) is 3.72. The van der Waals surface area contributed by atoms with Crippen LogP contribution in [0.2, 0.25) is 0 Å². The van der Waals surface area contributed by atoms with E-state index < -0.39 is 0 Å². The van der Waals surface area contributed by atoms with E-state index in [0.29, 0.717) is 31.8 Å². The first-order chi connectivity index (χ1) is 9.65. The smallest absolute Gasteiger partial charge is 0.222 e. The lowest BCUT2D eigenvalue weighted by molar-refractivity contribution is -0.131. The van der Waals surface area contributed by atoms with Crippen LogP contribution in [0.3, 0.4) is 0 Å². The zero-order valence-electron chi connectivity index (χ0n) is 13.4. The number of carbonyl (C=O) groups excluding carboxylic acids is 1. The Balaban J connectivity index is 4.00. The molecule has 0 heterocycles. The van der Waals surface area contributed by atoms with Crippen molar-refractivity contribution in [3.8, 4) is 0 Å². The Morgan fingerprint density at radius 3 is 2.40 bits per heavy atom. The van der Waals surface area contributed by atoms with Gasteiger partial charge in [-0.25, -0.2) is 0 Å². The fraction of sp³-hybridized carbons (Fsp3) is 0.938. The predicted octanol–water partition coefficient (Wildman–Crippen LogP) is 2.54. The molecule has 0 rings (SSSR count). The lowest BCUT2D eigenvalue weighted by Crippen LogP contribution is -2.33. The quantitative estimate of drug-likeness (QED) is 0.511. The molecule has 1 amide bonds. The highest BCUT2D eigenvalue weighted by Gasteiger charge is 2.13. The van der Waals surface area contributed by atoms with E-state index >= 15 is 0 Å². The topological polar surface area (TPSA) is 66.6 Å². The largest absolute Gasteiger partial charge is 0.396 e. The molecule has 0 aliphatic carbocycles. The van der Waals surface area contributed by atoms with Gasteiger partial charge in [0.15, 0.2) is 0 Å². The molecule has 4 heteroatoms. The second-order valence-corrected chi connectivity index (χ2v) is 5.75. The van der Waals surface area contributed by atoms with Crippen molar-refractivity contribution in [2.24, 2.45) is 11.7 Å². The molecule has 1 unspecified atom stereocenters. The van der Waals surface area contributed by atoms with Crippen LogP contribution in [0.15, 0.2) is 0 Å². The van der Waals surface area contributed by atoms with Crippen molar-refractivity contribution in [1.82, 2.24) is 4.90 Å². The SMILES string of the molecule is CCCCCCCN(CCCO)C(=O)CCC(C)CN. The number of amides is 1. The zero-order chi connectivity index (χ0) is 15.2. The standard InChI is InChI=1S/C16H34N2O2/c1-3-4-5-6-7-11-18(12-8-13-19)16(20)10-9-15(2)14-17/h15,19H,3-14,17H2,1-2H3. The molecule has 0 aromatic carbocycles. The molecule has 0 fully saturated rings. The summed E-state index contributed by atoms with van der Waals surface area (Å²) in [6.45, 7) is 6.59. The minimum Gasteiger partial charge on any atom is -0.396 e. The van der Waals surface area contributed by atoms with E-state index in [4.69, 9.17) is 10.8 Å². The maximum Gasteiger partial charge on any atom is 0.222 e. The number of unbranched alkanes of at least 4 members (excludes halogenated alkanes) is 4. The Labute approximate surface area is 124 Å². The van der Waals surface area contributed by atoms with Crippen LogP contribution in [0.1, 0.15) is 65.2 Å². The van der Waals surface area contributed by atoms with Crippen LogP contribution in [0.4, 0.5) is 0 Å². The van der Waals surface area contributed by atoms with Gasteiger partial charge in [-0.1, -0.05) is 39.5 Å². The summed E-state index contributed by atoms with van der Waals surface area (Å²) < 4.78 is 0. The maximum absolute atomic E-state index is 12.2. The van der Waals surface area contributed by atoms with Gasteiger partial charge in [0, 0.05) is 26.1 Å². The van der Waals surface area contributed by atoms with Crippen molar-refractivity contribution in [3.05, 3.63) is 0 Å². The van der Waals surface area contributed by atoms with Crippen molar-refractivity contribution in [2.75, 3.05) is 26.2 Å². The highest BCUT2D eigenvalue weighted by molar-refractivity contribution is 5.76. The number of rotatable bonds is 13. The predicted molar refractivity (Wildman–Crippen MR) is 84.5 cm³/mol. The van der Waals surface area contributed by atoms with Crippen molar-refractivity contribution in [1.29, 1.82) is 0 Å². The summed E-state index contributed by atoms with van der Waals surface area (Å²) in [6.07, 6.45) is 8.15. The third-order valence-electron chi connectivity index (χ3n) is 3.72. The summed E-state index contributed by atoms with van der Waals surface area (Å²) in [7, 11) is 0.